The van der Waals surface area contributed by atoms with Crippen LogP contribution in [0, 0.1) is 0 Å². The van der Waals surface area contributed by atoms with E-state index in [1.54, 1.807) is 0 Å². The molecule has 1 heterocycles. The van der Waals surface area contributed by atoms with Gasteiger partial charge in [-0.15, -0.1) is 0 Å². The number of aromatic nitrogens is 1. The fourth-order valence-electron chi connectivity index (χ4n) is 2.69. The lowest BCUT2D eigenvalue weighted by Gasteiger charge is -2.07. The summed E-state index contributed by atoms with van der Waals surface area (Å²) in [5.41, 5.74) is 2.97. The van der Waals surface area contributed by atoms with Gasteiger partial charge in [-0.3, -0.25) is 0 Å². The van der Waals surface area contributed by atoms with Gasteiger partial charge in [-0.2, -0.15) is 0 Å². The molecular weight excluding hydrogens is 412 g/mol. The second-order valence-electron chi connectivity index (χ2n) is 5.87. The molecule has 0 atom stereocenters. The van der Waals surface area contributed by atoms with E-state index in [2.05, 4.69) is 32.6 Å². The van der Waals surface area contributed by atoms with E-state index >= 15 is 0 Å². The van der Waals surface area contributed by atoms with Crippen LogP contribution in [-0.4, -0.2) is 28.5 Å². The number of aliphatic carboxylic acids is 1. The number of aryl methyl sites for hydroxylation is 1. The first-order chi connectivity index (χ1) is 13.1. The molecule has 0 aliphatic carbocycles. The number of carboxylic acid groups (broad SMARTS) is 1. The molecule has 0 unspecified atom stereocenters. The van der Waals surface area contributed by atoms with Gasteiger partial charge >= 0.3 is 5.97 Å². The van der Waals surface area contributed by atoms with E-state index in [0.717, 1.165) is 38.8 Å². The summed E-state index contributed by atoms with van der Waals surface area (Å²) in [7, 11) is 0. The molecular formula is C20H19BrN2O4. The van der Waals surface area contributed by atoms with Crippen LogP contribution in [-0.2, 0) is 22.8 Å². The highest BCUT2D eigenvalue weighted by atomic mass is 79.9. The van der Waals surface area contributed by atoms with Gasteiger partial charge in [0, 0.05) is 33.7 Å². The molecule has 0 amide bonds. The van der Waals surface area contributed by atoms with Crippen LogP contribution in [0.25, 0.3) is 10.9 Å². The normalized spacial score (nSPS) is 11.2. The van der Waals surface area contributed by atoms with Crippen molar-refractivity contribution in [3.8, 4) is 5.75 Å². The first kappa shape index (κ1) is 19.0. The van der Waals surface area contributed by atoms with Crippen molar-refractivity contribution in [2.24, 2.45) is 5.16 Å². The molecule has 0 fully saturated rings. The summed E-state index contributed by atoms with van der Waals surface area (Å²) in [5.74, 6) is -0.313. The summed E-state index contributed by atoms with van der Waals surface area (Å²) < 4.78 is 9.04. The SMILES string of the molecule is CCn1cc(/C=N/OCC(=O)O)c2cc(OCc3ccc(Br)cc3)ccc21. The third kappa shape index (κ3) is 4.89. The van der Waals surface area contributed by atoms with Gasteiger partial charge in [0.15, 0.2) is 0 Å². The Morgan fingerprint density at radius 2 is 2.04 bits per heavy atom. The largest absolute Gasteiger partial charge is 0.489 e. The first-order valence-corrected chi connectivity index (χ1v) is 9.23. The number of carbonyl (C=O) groups is 1. The maximum Gasteiger partial charge on any atom is 0.344 e. The van der Waals surface area contributed by atoms with Crippen molar-refractivity contribution >= 4 is 39.0 Å². The van der Waals surface area contributed by atoms with E-state index in [1.807, 2.05) is 48.7 Å². The number of ether oxygens (including phenoxy) is 1. The number of benzene rings is 2. The van der Waals surface area contributed by atoms with Crippen molar-refractivity contribution < 1.29 is 19.5 Å². The summed E-state index contributed by atoms with van der Waals surface area (Å²) in [6.45, 7) is 2.86. The third-order valence-electron chi connectivity index (χ3n) is 4.00. The van der Waals surface area contributed by atoms with Gasteiger partial charge in [-0.25, -0.2) is 4.79 Å². The van der Waals surface area contributed by atoms with Crippen molar-refractivity contribution in [2.45, 2.75) is 20.1 Å². The van der Waals surface area contributed by atoms with Crippen molar-refractivity contribution in [1.82, 2.24) is 4.57 Å². The average Bonchev–Trinajstić information content (AvgIpc) is 3.02. The van der Waals surface area contributed by atoms with Crippen molar-refractivity contribution in [3.05, 3.63) is 64.3 Å². The number of fused-ring (bicyclic) bond motifs is 1. The molecule has 2 aromatic carbocycles. The van der Waals surface area contributed by atoms with Crippen molar-refractivity contribution in [2.75, 3.05) is 6.61 Å². The smallest absolute Gasteiger partial charge is 0.344 e. The van der Waals surface area contributed by atoms with Crippen LogP contribution in [0.5, 0.6) is 5.75 Å². The van der Waals surface area contributed by atoms with E-state index < -0.39 is 12.6 Å². The highest BCUT2D eigenvalue weighted by Gasteiger charge is 2.08. The van der Waals surface area contributed by atoms with Crippen LogP contribution in [0.15, 0.2) is 58.3 Å². The van der Waals surface area contributed by atoms with E-state index in [1.165, 1.54) is 6.21 Å². The van der Waals surface area contributed by atoms with E-state index in [-0.39, 0.29) is 0 Å². The van der Waals surface area contributed by atoms with Crippen LogP contribution in [0.4, 0.5) is 0 Å². The molecule has 0 saturated heterocycles. The minimum absolute atomic E-state index is 0.468. The van der Waals surface area contributed by atoms with Crippen LogP contribution in [0.1, 0.15) is 18.1 Å². The minimum Gasteiger partial charge on any atom is -0.489 e. The molecule has 1 aromatic heterocycles. The van der Waals surface area contributed by atoms with Gasteiger partial charge in [0.2, 0.25) is 6.61 Å². The predicted molar refractivity (Wildman–Crippen MR) is 107 cm³/mol. The van der Waals surface area contributed by atoms with E-state index in [9.17, 15) is 4.79 Å². The number of halogens is 1. The maximum atomic E-state index is 10.5. The summed E-state index contributed by atoms with van der Waals surface area (Å²) in [6.07, 6.45) is 3.48. The topological polar surface area (TPSA) is 73.1 Å². The van der Waals surface area contributed by atoms with Gasteiger partial charge in [0.25, 0.3) is 0 Å². The lowest BCUT2D eigenvalue weighted by molar-refractivity contribution is -0.142. The standard InChI is InChI=1S/C20H19BrN2O4/c1-2-23-11-15(10-22-27-13-20(24)25)18-9-17(7-8-19(18)23)26-12-14-3-5-16(21)6-4-14/h3-11H,2,12-13H2,1H3,(H,24,25)/b22-10+. The van der Waals surface area contributed by atoms with Gasteiger partial charge in [-0.05, 0) is 42.8 Å². The minimum atomic E-state index is -1.06. The molecule has 27 heavy (non-hydrogen) atoms. The molecule has 0 aliphatic rings. The molecule has 6 nitrogen and oxygen atoms in total. The van der Waals surface area contributed by atoms with Crippen molar-refractivity contribution in [1.29, 1.82) is 0 Å². The van der Waals surface area contributed by atoms with Crippen LogP contribution < -0.4 is 4.74 Å². The highest BCUT2D eigenvalue weighted by molar-refractivity contribution is 9.10. The Balaban J connectivity index is 1.80. The number of nitrogens with zero attached hydrogens (tertiary/aromatic N) is 2. The molecule has 3 aromatic rings. The van der Waals surface area contributed by atoms with Crippen LogP contribution in [0.2, 0.25) is 0 Å². The molecule has 3 rings (SSSR count). The number of hydrogen-bond acceptors (Lipinski definition) is 4. The third-order valence-corrected chi connectivity index (χ3v) is 4.53. The Bertz CT molecular complexity index is 964. The summed E-state index contributed by atoms with van der Waals surface area (Å²) >= 11 is 3.42. The fourth-order valence-corrected chi connectivity index (χ4v) is 2.96. The Morgan fingerprint density at radius 3 is 2.74 bits per heavy atom. The zero-order valence-electron chi connectivity index (χ0n) is 14.8. The van der Waals surface area contributed by atoms with Gasteiger partial charge in [0.05, 0.1) is 6.21 Å². The number of hydrogen-bond donors (Lipinski definition) is 1. The molecule has 7 heteroatoms. The maximum absolute atomic E-state index is 10.5. The van der Waals surface area contributed by atoms with E-state index in [0.29, 0.717) is 6.61 Å². The number of oxime groups is 1. The van der Waals surface area contributed by atoms with Crippen LogP contribution in [0.3, 0.4) is 0 Å². The molecule has 0 bridgehead atoms. The fraction of sp³-hybridized carbons (Fsp3) is 0.200. The van der Waals surface area contributed by atoms with Crippen LogP contribution >= 0.6 is 15.9 Å². The first-order valence-electron chi connectivity index (χ1n) is 8.44. The lowest BCUT2D eigenvalue weighted by atomic mass is 10.2. The van der Waals surface area contributed by atoms with Crippen molar-refractivity contribution in [3.63, 3.8) is 0 Å². The molecule has 0 saturated carbocycles. The van der Waals surface area contributed by atoms with Gasteiger partial charge in [-0.1, -0.05) is 33.2 Å². The quantitative estimate of drug-likeness (QED) is 0.423. The lowest BCUT2D eigenvalue weighted by Crippen LogP contribution is -2.03. The second kappa shape index (κ2) is 8.73. The Labute approximate surface area is 165 Å². The second-order valence-corrected chi connectivity index (χ2v) is 6.78. The Kier molecular flexibility index (Phi) is 6.13. The Morgan fingerprint density at radius 1 is 1.26 bits per heavy atom. The molecule has 1 N–H and O–H groups in total. The monoisotopic (exact) mass is 430 g/mol. The summed E-state index contributed by atoms with van der Waals surface area (Å²) in [6, 6.07) is 13.9. The average molecular weight is 431 g/mol. The predicted octanol–water partition coefficient (Wildman–Crippen LogP) is 4.44. The summed E-state index contributed by atoms with van der Waals surface area (Å²) in [4.78, 5) is 15.3. The van der Waals surface area contributed by atoms with Gasteiger partial charge < -0.3 is 19.2 Å². The Hall–Kier alpha value is -2.80. The number of rotatable bonds is 8. The molecule has 0 radical (unpaired) electrons. The summed E-state index contributed by atoms with van der Waals surface area (Å²) in [5, 5.41) is 13.3. The van der Waals surface area contributed by atoms with E-state index in [4.69, 9.17) is 14.7 Å². The zero-order valence-corrected chi connectivity index (χ0v) is 16.3. The molecule has 140 valence electrons. The zero-order chi connectivity index (χ0) is 19.2. The van der Waals surface area contributed by atoms with Gasteiger partial charge in [0.1, 0.15) is 12.4 Å². The number of carboxylic acids is 1. The molecule has 0 spiro atoms. The highest BCUT2D eigenvalue weighted by Crippen LogP contribution is 2.26. The molecule has 0 aliphatic heterocycles.